The van der Waals surface area contributed by atoms with E-state index in [4.69, 9.17) is 0 Å². The van der Waals surface area contributed by atoms with Crippen molar-refractivity contribution >= 4 is 21.8 Å². The fourth-order valence-corrected chi connectivity index (χ4v) is 12.8. The third-order valence-corrected chi connectivity index (χ3v) is 14.8. The van der Waals surface area contributed by atoms with Crippen LogP contribution in [0.1, 0.15) is 72.3 Å². The Labute approximate surface area is 330 Å². The summed E-state index contributed by atoms with van der Waals surface area (Å²) in [5.41, 5.74) is 17.1. The van der Waals surface area contributed by atoms with Crippen molar-refractivity contribution in [2.45, 2.75) is 56.3 Å². The molecule has 1 nitrogen and oxygen atoms in total. The van der Waals surface area contributed by atoms with Crippen LogP contribution in [-0.4, -0.2) is 4.57 Å². The number of aryl methyl sites for hydroxylation is 1. The number of hydrogen-bond donors (Lipinski definition) is 0. The van der Waals surface area contributed by atoms with Gasteiger partial charge in [0.1, 0.15) is 0 Å². The number of hydrogen-bond acceptors (Lipinski definition) is 0. The van der Waals surface area contributed by atoms with Crippen LogP contribution in [0.5, 0.6) is 0 Å². The van der Waals surface area contributed by atoms with Gasteiger partial charge < -0.3 is 4.57 Å². The maximum Gasteiger partial charge on any atom is 0.0541 e. The van der Waals surface area contributed by atoms with Crippen LogP contribution in [0.15, 0.2) is 170 Å². The molecular weight excluding hydrogens is 675 g/mol. The molecule has 1 heterocycles. The highest BCUT2D eigenvalue weighted by atomic mass is 15.0. The normalized spacial score (nSPS) is 23.5. The highest BCUT2D eigenvalue weighted by molar-refractivity contribution is 6.09. The van der Waals surface area contributed by atoms with Gasteiger partial charge in [0.2, 0.25) is 0 Å². The van der Waals surface area contributed by atoms with Crippen molar-refractivity contribution in [3.05, 3.63) is 198 Å². The standard InChI is InChI=1S/C55H47N/c1-3-12-39(13-4-1)40-14-11-15-41(34-40)46(42-24-27-54-50(35-42)49-19-8-10-21-53(49)56(54)45-16-5-2-6-17-45)25-22-36-23-26-48-47-18-7-9-20-51(47)55(52(48)33-36)43-29-37-28-38(31-43)32-44(55)30-37/h1-21,23-24,26-27,33-35,37-38,43-44,46H,22,25,28-32H2. The first kappa shape index (κ1) is 32.6. The molecule has 1 aromatic heterocycles. The van der Waals surface area contributed by atoms with Crippen molar-refractivity contribution in [1.82, 2.24) is 4.57 Å². The molecule has 8 aromatic rings. The average Bonchev–Trinajstić information content (AvgIpc) is 3.73. The lowest BCUT2D eigenvalue weighted by atomic mass is 9.43. The Morgan fingerprint density at radius 3 is 1.96 bits per heavy atom. The lowest BCUT2D eigenvalue weighted by Gasteiger charge is -2.61. The molecule has 5 aliphatic carbocycles. The second-order valence-electron chi connectivity index (χ2n) is 17.6. The number of benzene rings is 7. The highest BCUT2D eigenvalue weighted by Gasteiger charge is 2.61. The lowest BCUT2D eigenvalue weighted by molar-refractivity contribution is -0.0399. The molecule has 1 atom stereocenters. The first-order valence-electron chi connectivity index (χ1n) is 21.2. The Morgan fingerprint density at radius 1 is 0.482 bits per heavy atom. The number of fused-ring (bicyclic) bond motifs is 6. The molecule has 1 heteroatoms. The highest BCUT2D eigenvalue weighted by Crippen LogP contribution is 2.69. The quantitative estimate of drug-likeness (QED) is 0.154. The van der Waals surface area contributed by atoms with Gasteiger partial charge in [0.05, 0.1) is 11.0 Å². The molecule has 1 spiro atoms. The minimum Gasteiger partial charge on any atom is -0.309 e. The Bertz CT molecular complexity index is 2740. The van der Waals surface area contributed by atoms with Crippen LogP contribution >= 0.6 is 0 Å². The van der Waals surface area contributed by atoms with Gasteiger partial charge in [0.25, 0.3) is 0 Å². The second kappa shape index (κ2) is 12.7. The lowest BCUT2D eigenvalue weighted by Crippen LogP contribution is -2.55. The van der Waals surface area contributed by atoms with E-state index in [0.717, 1.165) is 36.5 Å². The van der Waals surface area contributed by atoms with Crippen LogP contribution in [0.2, 0.25) is 0 Å². The molecule has 4 saturated carbocycles. The summed E-state index contributed by atoms with van der Waals surface area (Å²) < 4.78 is 2.43. The largest absolute Gasteiger partial charge is 0.309 e. The smallest absolute Gasteiger partial charge is 0.0541 e. The summed E-state index contributed by atoms with van der Waals surface area (Å²) in [6.45, 7) is 0. The summed E-state index contributed by atoms with van der Waals surface area (Å²) in [7, 11) is 0. The van der Waals surface area contributed by atoms with Gasteiger partial charge in [-0.05, 0) is 149 Å². The molecule has 7 aromatic carbocycles. The number of rotatable bonds is 7. The van der Waals surface area contributed by atoms with E-state index in [1.807, 2.05) is 0 Å². The van der Waals surface area contributed by atoms with Gasteiger partial charge in [-0.15, -0.1) is 0 Å². The van der Waals surface area contributed by atoms with Gasteiger partial charge >= 0.3 is 0 Å². The Balaban J connectivity index is 0.967. The van der Waals surface area contributed by atoms with Crippen molar-refractivity contribution in [2.75, 3.05) is 0 Å². The average molecular weight is 722 g/mol. The molecular formula is C55H47N. The monoisotopic (exact) mass is 721 g/mol. The van der Waals surface area contributed by atoms with E-state index in [9.17, 15) is 0 Å². The SMILES string of the molecule is c1ccc(-c2cccc(C(CCc3ccc4c(c3)C3(c5ccccc5-4)C4CC5CC(C4)CC3C5)c3ccc4c(c3)c3ccccc3n4-c3ccccc3)c2)cc1. The summed E-state index contributed by atoms with van der Waals surface area (Å²) in [4.78, 5) is 0. The van der Waals surface area contributed by atoms with Crippen LogP contribution in [0.4, 0.5) is 0 Å². The molecule has 4 fully saturated rings. The zero-order valence-electron chi connectivity index (χ0n) is 31.9. The summed E-state index contributed by atoms with van der Waals surface area (Å²) in [5, 5.41) is 2.63. The molecule has 272 valence electrons. The number of para-hydroxylation sites is 2. The van der Waals surface area contributed by atoms with E-state index < -0.39 is 0 Å². The molecule has 4 bridgehead atoms. The van der Waals surface area contributed by atoms with Gasteiger partial charge in [-0.3, -0.25) is 0 Å². The Kier molecular flexibility index (Phi) is 7.38. The topological polar surface area (TPSA) is 4.93 Å². The third-order valence-electron chi connectivity index (χ3n) is 14.8. The zero-order chi connectivity index (χ0) is 36.8. The summed E-state index contributed by atoms with van der Waals surface area (Å²) in [6.07, 6.45) is 9.29. The van der Waals surface area contributed by atoms with Crippen molar-refractivity contribution in [2.24, 2.45) is 23.7 Å². The third kappa shape index (κ3) is 4.86. The number of nitrogens with zero attached hydrogens (tertiary/aromatic N) is 1. The maximum absolute atomic E-state index is 2.70. The summed E-state index contributed by atoms with van der Waals surface area (Å²) in [6, 6.07) is 64.5. The van der Waals surface area contributed by atoms with E-state index in [0.29, 0.717) is 0 Å². The first-order chi connectivity index (χ1) is 27.7. The van der Waals surface area contributed by atoms with E-state index >= 15 is 0 Å². The molecule has 0 saturated heterocycles. The van der Waals surface area contributed by atoms with Crippen molar-refractivity contribution in [3.63, 3.8) is 0 Å². The molecule has 1 unspecified atom stereocenters. The van der Waals surface area contributed by atoms with Crippen molar-refractivity contribution < 1.29 is 0 Å². The van der Waals surface area contributed by atoms with Crippen molar-refractivity contribution in [1.29, 1.82) is 0 Å². The molecule has 5 aliphatic rings. The number of aromatic nitrogens is 1. The van der Waals surface area contributed by atoms with Crippen LogP contribution in [0.25, 0.3) is 49.7 Å². The van der Waals surface area contributed by atoms with E-state index in [-0.39, 0.29) is 11.3 Å². The summed E-state index contributed by atoms with van der Waals surface area (Å²) in [5.74, 6) is 3.73. The molecule has 0 N–H and O–H groups in total. The maximum atomic E-state index is 2.70. The predicted octanol–water partition coefficient (Wildman–Crippen LogP) is 13.9. The van der Waals surface area contributed by atoms with Crippen LogP contribution in [0.3, 0.4) is 0 Å². The van der Waals surface area contributed by atoms with E-state index in [2.05, 4.69) is 174 Å². The van der Waals surface area contributed by atoms with Gasteiger partial charge in [-0.2, -0.15) is 0 Å². The molecule has 0 radical (unpaired) electrons. The fraction of sp³-hybridized carbons (Fsp3) is 0.236. The van der Waals surface area contributed by atoms with Gasteiger partial charge in [0, 0.05) is 27.8 Å². The van der Waals surface area contributed by atoms with Gasteiger partial charge in [-0.25, -0.2) is 0 Å². The van der Waals surface area contributed by atoms with Crippen LogP contribution in [0, 0.1) is 23.7 Å². The molecule has 0 aliphatic heterocycles. The van der Waals surface area contributed by atoms with Crippen LogP contribution in [-0.2, 0) is 11.8 Å². The zero-order valence-corrected chi connectivity index (χ0v) is 31.9. The minimum atomic E-state index is 0.205. The Hall–Kier alpha value is -5.66. The first-order valence-corrected chi connectivity index (χ1v) is 21.2. The fourth-order valence-electron chi connectivity index (χ4n) is 12.8. The second-order valence-corrected chi connectivity index (χ2v) is 17.6. The van der Waals surface area contributed by atoms with Gasteiger partial charge in [-0.1, -0.05) is 140 Å². The Morgan fingerprint density at radius 2 is 1.14 bits per heavy atom. The van der Waals surface area contributed by atoms with Crippen LogP contribution < -0.4 is 0 Å². The van der Waals surface area contributed by atoms with Crippen molar-refractivity contribution in [3.8, 4) is 27.9 Å². The molecule has 56 heavy (non-hydrogen) atoms. The summed E-state index contributed by atoms with van der Waals surface area (Å²) >= 11 is 0. The van der Waals surface area contributed by atoms with Gasteiger partial charge in [0.15, 0.2) is 0 Å². The van der Waals surface area contributed by atoms with E-state index in [1.54, 1.807) is 11.1 Å². The molecule has 13 rings (SSSR count). The minimum absolute atomic E-state index is 0.205. The van der Waals surface area contributed by atoms with E-state index in [1.165, 1.54) is 98.5 Å². The molecule has 0 amide bonds. The predicted molar refractivity (Wildman–Crippen MR) is 233 cm³/mol.